The van der Waals surface area contributed by atoms with Crippen molar-refractivity contribution in [3.8, 4) is 17.2 Å². The first-order valence-corrected chi connectivity index (χ1v) is 17.6. The summed E-state index contributed by atoms with van der Waals surface area (Å²) in [6.45, 7) is 10.7. The molecule has 1 atom stereocenters. The van der Waals surface area contributed by atoms with Crippen molar-refractivity contribution in [2.45, 2.75) is 57.5 Å². The molecule has 0 aliphatic carbocycles. The quantitative estimate of drug-likeness (QED) is 0.160. The van der Waals surface area contributed by atoms with E-state index in [1.54, 1.807) is 33.5 Å². The Kier molecular flexibility index (Phi) is 10.9. The van der Waals surface area contributed by atoms with Gasteiger partial charge in [-0.05, 0) is 75.9 Å². The number of carbonyl (C=O) groups is 1. The number of para-hydroxylation sites is 2. The van der Waals surface area contributed by atoms with Crippen LogP contribution in [0, 0.1) is 6.92 Å². The lowest BCUT2D eigenvalue weighted by atomic mass is 9.76. The molecule has 262 valence electrons. The van der Waals surface area contributed by atoms with Crippen LogP contribution in [0.3, 0.4) is 0 Å². The molecule has 10 nitrogen and oxygen atoms in total. The predicted octanol–water partition coefficient (Wildman–Crippen LogP) is 6.16. The zero-order chi connectivity index (χ0) is 34.4. The molecule has 3 aromatic carbocycles. The topological polar surface area (TPSA) is 90.3 Å². The number of carbonyl (C=O) groups excluding carboxylic acids is 1. The van der Waals surface area contributed by atoms with Crippen molar-refractivity contribution >= 4 is 22.9 Å². The van der Waals surface area contributed by atoms with Crippen LogP contribution in [0.2, 0.25) is 0 Å². The van der Waals surface area contributed by atoms with Gasteiger partial charge in [0.1, 0.15) is 0 Å². The predicted molar refractivity (Wildman–Crippen MR) is 193 cm³/mol. The van der Waals surface area contributed by atoms with Crippen molar-refractivity contribution in [1.82, 2.24) is 19.4 Å². The van der Waals surface area contributed by atoms with Crippen LogP contribution >= 0.6 is 0 Å². The molecule has 49 heavy (non-hydrogen) atoms. The zero-order valence-corrected chi connectivity index (χ0v) is 29.7. The van der Waals surface area contributed by atoms with Crippen LogP contribution in [0.15, 0.2) is 60.7 Å². The van der Waals surface area contributed by atoms with Crippen molar-refractivity contribution in [1.29, 1.82) is 0 Å². The van der Waals surface area contributed by atoms with E-state index in [0.29, 0.717) is 55.2 Å². The summed E-state index contributed by atoms with van der Waals surface area (Å²) in [4.78, 5) is 23.5. The van der Waals surface area contributed by atoms with Crippen LogP contribution in [0.4, 0.5) is 5.95 Å². The number of piperidine rings is 1. The summed E-state index contributed by atoms with van der Waals surface area (Å²) in [7, 11) is 4.72. The Hall–Kier alpha value is -4.28. The number of anilines is 1. The number of fused-ring (bicyclic) bond motifs is 1. The van der Waals surface area contributed by atoms with Crippen molar-refractivity contribution in [3.63, 3.8) is 0 Å². The van der Waals surface area contributed by atoms with E-state index in [4.69, 9.17) is 23.9 Å². The van der Waals surface area contributed by atoms with Crippen LogP contribution in [0.5, 0.6) is 17.2 Å². The molecule has 1 unspecified atom stereocenters. The Balaban J connectivity index is 1.12. The van der Waals surface area contributed by atoms with E-state index >= 15 is 0 Å². The Morgan fingerprint density at radius 3 is 2.39 bits per heavy atom. The SMILES string of the molecule is CCOCCn1c(NC2CCN(CCC3(c4cccc(C)c4)CCN(C(=O)c4cc(OC)c(OC)c(OC)c4)C3)CC2)nc2ccccc21. The van der Waals surface area contributed by atoms with Gasteiger partial charge in [0.15, 0.2) is 11.5 Å². The molecule has 2 aliphatic rings. The number of aryl methyl sites for hydroxylation is 1. The smallest absolute Gasteiger partial charge is 0.254 e. The molecule has 2 fully saturated rings. The van der Waals surface area contributed by atoms with Crippen molar-refractivity contribution < 1.29 is 23.7 Å². The Morgan fingerprint density at radius 1 is 0.939 bits per heavy atom. The highest BCUT2D eigenvalue weighted by atomic mass is 16.5. The van der Waals surface area contributed by atoms with E-state index in [2.05, 4.69) is 64.2 Å². The summed E-state index contributed by atoms with van der Waals surface area (Å²) in [5.41, 5.74) is 5.12. The number of nitrogens with one attached hydrogen (secondary N) is 1. The first-order valence-electron chi connectivity index (χ1n) is 17.6. The van der Waals surface area contributed by atoms with E-state index in [-0.39, 0.29) is 11.3 Å². The molecular formula is C39H51N5O5. The molecule has 1 N–H and O–H groups in total. The normalized spacial score (nSPS) is 18.6. The van der Waals surface area contributed by atoms with Crippen molar-refractivity contribution in [2.75, 3.05) is 72.6 Å². The van der Waals surface area contributed by atoms with Crippen LogP contribution in [-0.4, -0.2) is 98.6 Å². The maximum Gasteiger partial charge on any atom is 0.254 e. The van der Waals surface area contributed by atoms with E-state index in [9.17, 15) is 4.79 Å². The molecule has 0 saturated carbocycles. The number of rotatable bonds is 14. The van der Waals surface area contributed by atoms with Crippen molar-refractivity contribution in [2.24, 2.45) is 0 Å². The maximum atomic E-state index is 14.0. The number of likely N-dealkylation sites (tertiary alicyclic amines) is 2. The maximum absolute atomic E-state index is 14.0. The molecule has 6 rings (SSSR count). The molecule has 0 spiro atoms. The van der Waals surface area contributed by atoms with Gasteiger partial charge < -0.3 is 38.6 Å². The Labute approximate surface area is 290 Å². The van der Waals surface area contributed by atoms with Gasteiger partial charge in [0.25, 0.3) is 5.91 Å². The minimum absolute atomic E-state index is 0.0204. The van der Waals surface area contributed by atoms with Gasteiger partial charge in [0.05, 0.1) is 39.0 Å². The summed E-state index contributed by atoms with van der Waals surface area (Å²) in [6, 6.07) is 21.0. The van der Waals surface area contributed by atoms with Crippen LogP contribution in [0.25, 0.3) is 11.0 Å². The van der Waals surface area contributed by atoms with Gasteiger partial charge in [-0.25, -0.2) is 4.98 Å². The summed E-state index contributed by atoms with van der Waals surface area (Å²) < 4.78 is 24.5. The molecule has 2 aliphatic heterocycles. The molecular weight excluding hydrogens is 618 g/mol. The molecule has 0 bridgehead atoms. The number of ether oxygens (including phenoxy) is 4. The first kappa shape index (κ1) is 34.6. The fraction of sp³-hybridized carbons (Fsp3) is 0.487. The zero-order valence-electron chi connectivity index (χ0n) is 29.7. The third-order valence-electron chi connectivity index (χ3n) is 10.3. The van der Waals surface area contributed by atoms with Crippen LogP contribution in [0.1, 0.15) is 54.1 Å². The van der Waals surface area contributed by atoms with Gasteiger partial charge in [0, 0.05) is 56.4 Å². The van der Waals surface area contributed by atoms with E-state index in [1.165, 1.54) is 11.1 Å². The number of benzene rings is 3. The molecule has 0 radical (unpaired) electrons. The Bertz CT molecular complexity index is 1710. The second-order valence-electron chi connectivity index (χ2n) is 13.3. The lowest BCUT2D eigenvalue weighted by molar-refractivity contribution is 0.0779. The average Bonchev–Trinajstić information content (AvgIpc) is 3.73. The third-order valence-corrected chi connectivity index (χ3v) is 10.3. The number of nitrogens with zero attached hydrogens (tertiary/aromatic N) is 4. The molecule has 10 heteroatoms. The van der Waals surface area contributed by atoms with Crippen LogP contribution in [-0.2, 0) is 16.7 Å². The fourth-order valence-electron chi connectivity index (χ4n) is 7.56. The largest absolute Gasteiger partial charge is 0.493 e. The van der Waals surface area contributed by atoms with Gasteiger partial charge in [-0.15, -0.1) is 0 Å². The average molecular weight is 670 g/mol. The number of amides is 1. The monoisotopic (exact) mass is 669 g/mol. The number of hydrogen-bond donors (Lipinski definition) is 1. The molecule has 4 aromatic rings. The molecule has 1 aromatic heterocycles. The minimum atomic E-state index is -0.122. The summed E-state index contributed by atoms with van der Waals surface area (Å²) in [6.07, 6.45) is 4.01. The van der Waals surface area contributed by atoms with E-state index < -0.39 is 0 Å². The van der Waals surface area contributed by atoms with Gasteiger partial charge in [-0.3, -0.25) is 4.79 Å². The highest BCUT2D eigenvalue weighted by Gasteiger charge is 2.42. The fourth-order valence-corrected chi connectivity index (χ4v) is 7.56. The Morgan fingerprint density at radius 2 is 1.69 bits per heavy atom. The molecule has 2 saturated heterocycles. The number of methoxy groups -OCH3 is 3. The molecule has 1 amide bonds. The van der Waals surface area contributed by atoms with Gasteiger partial charge >= 0.3 is 0 Å². The summed E-state index contributed by atoms with van der Waals surface area (Å²) >= 11 is 0. The summed E-state index contributed by atoms with van der Waals surface area (Å²) in [5, 5.41) is 3.78. The van der Waals surface area contributed by atoms with E-state index in [1.807, 2.05) is 17.9 Å². The highest BCUT2D eigenvalue weighted by Crippen LogP contribution is 2.42. The van der Waals surface area contributed by atoms with Crippen molar-refractivity contribution in [3.05, 3.63) is 77.4 Å². The highest BCUT2D eigenvalue weighted by molar-refractivity contribution is 5.96. The second-order valence-corrected chi connectivity index (χ2v) is 13.3. The van der Waals surface area contributed by atoms with E-state index in [0.717, 1.165) is 68.8 Å². The molecule has 3 heterocycles. The second kappa shape index (κ2) is 15.5. The van der Waals surface area contributed by atoms with Gasteiger partial charge in [-0.1, -0.05) is 42.0 Å². The standard InChI is InChI=1S/C39H51N5O5/c1-6-49-23-22-44-33-13-8-7-12-32(33)41-38(44)40-31-14-18-42(19-15-31)20-16-39(30-11-9-10-28(2)24-30)17-21-43(27-39)37(45)29-25-34(46-3)36(48-5)35(26-29)47-4/h7-13,24-26,31H,6,14-23,27H2,1-5H3,(H,40,41). The number of hydrogen-bond acceptors (Lipinski definition) is 8. The van der Waals surface area contributed by atoms with Gasteiger partial charge in [0.2, 0.25) is 11.7 Å². The third kappa shape index (κ3) is 7.50. The number of aromatic nitrogens is 2. The number of imidazole rings is 1. The lowest BCUT2D eigenvalue weighted by Gasteiger charge is -2.36. The van der Waals surface area contributed by atoms with Crippen LogP contribution < -0.4 is 19.5 Å². The first-order chi connectivity index (χ1) is 23.9. The minimum Gasteiger partial charge on any atom is -0.493 e. The lowest BCUT2D eigenvalue weighted by Crippen LogP contribution is -2.42. The van der Waals surface area contributed by atoms with Gasteiger partial charge in [-0.2, -0.15) is 0 Å². The summed E-state index contributed by atoms with van der Waals surface area (Å²) in [5.74, 6) is 2.36.